The van der Waals surface area contributed by atoms with Gasteiger partial charge in [0.2, 0.25) is 0 Å². The summed E-state index contributed by atoms with van der Waals surface area (Å²) in [5, 5.41) is 5.41. The first-order valence-electron chi connectivity index (χ1n) is 7.35. The normalized spacial score (nSPS) is 11.4. The maximum atomic E-state index is 12.2. The number of rotatable bonds is 5. The van der Waals surface area contributed by atoms with E-state index in [1.807, 2.05) is 55.5 Å². The molecule has 0 saturated carbocycles. The van der Waals surface area contributed by atoms with Crippen molar-refractivity contribution in [1.29, 1.82) is 0 Å². The monoisotopic (exact) mass is 312 g/mol. The molecule has 0 unspecified atom stereocenters. The van der Waals surface area contributed by atoms with Crippen molar-refractivity contribution in [2.75, 3.05) is 12.4 Å². The zero-order chi connectivity index (χ0) is 16.7. The highest BCUT2D eigenvalue weighted by molar-refractivity contribution is 5.93. The van der Waals surface area contributed by atoms with Gasteiger partial charge in [0.1, 0.15) is 6.04 Å². The summed E-state index contributed by atoms with van der Waals surface area (Å²) >= 11 is 0. The second kappa shape index (κ2) is 7.98. The van der Waals surface area contributed by atoms with Crippen LogP contribution in [0.4, 0.5) is 10.5 Å². The summed E-state index contributed by atoms with van der Waals surface area (Å²) in [7, 11) is 1.31. The Kier molecular flexibility index (Phi) is 5.74. The molecule has 23 heavy (non-hydrogen) atoms. The van der Waals surface area contributed by atoms with Gasteiger partial charge in [-0.05, 0) is 24.1 Å². The van der Waals surface area contributed by atoms with E-state index >= 15 is 0 Å². The Labute approximate surface area is 135 Å². The number of ether oxygens (including phenoxy) is 1. The molecule has 5 heteroatoms. The molecule has 0 aliphatic rings. The van der Waals surface area contributed by atoms with Crippen molar-refractivity contribution in [3.63, 3.8) is 0 Å². The highest BCUT2D eigenvalue weighted by Gasteiger charge is 2.22. The van der Waals surface area contributed by atoms with Crippen LogP contribution in [0, 0.1) is 6.92 Å². The van der Waals surface area contributed by atoms with E-state index in [0.29, 0.717) is 12.1 Å². The number of benzene rings is 2. The lowest BCUT2D eigenvalue weighted by atomic mass is 10.1. The number of amides is 2. The average molecular weight is 312 g/mol. The van der Waals surface area contributed by atoms with Crippen molar-refractivity contribution in [1.82, 2.24) is 5.32 Å². The molecule has 2 amide bonds. The Morgan fingerprint density at radius 2 is 1.70 bits per heavy atom. The first-order valence-corrected chi connectivity index (χ1v) is 7.35. The second-order valence-corrected chi connectivity index (χ2v) is 5.18. The summed E-state index contributed by atoms with van der Waals surface area (Å²) in [5.41, 5.74) is 2.59. The number of anilines is 1. The fourth-order valence-corrected chi connectivity index (χ4v) is 2.22. The number of nitrogens with one attached hydrogen (secondary N) is 2. The highest BCUT2D eigenvalue weighted by Crippen LogP contribution is 2.13. The molecular weight excluding hydrogens is 292 g/mol. The fraction of sp³-hybridized carbons (Fsp3) is 0.222. The fourth-order valence-electron chi connectivity index (χ4n) is 2.22. The van der Waals surface area contributed by atoms with Crippen molar-refractivity contribution in [2.45, 2.75) is 19.4 Å². The van der Waals surface area contributed by atoms with Gasteiger partial charge < -0.3 is 15.4 Å². The predicted molar refractivity (Wildman–Crippen MR) is 89.3 cm³/mol. The van der Waals surface area contributed by atoms with Crippen LogP contribution in [0.2, 0.25) is 0 Å². The zero-order valence-electron chi connectivity index (χ0n) is 13.2. The molecule has 0 bridgehead atoms. The number of aryl methyl sites for hydroxylation is 1. The van der Waals surface area contributed by atoms with Crippen LogP contribution in [0.15, 0.2) is 54.6 Å². The topological polar surface area (TPSA) is 67.4 Å². The third kappa shape index (κ3) is 4.85. The van der Waals surface area contributed by atoms with E-state index < -0.39 is 18.0 Å². The molecule has 2 N–H and O–H groups in total. The largest absolute Gasteiger partial charge is 0.467 e. The van der Waals surface area contributed by atoms with Crippen LogP contribution in [0.3, 0.4) is 0 Å². The Balaban J connectivity index is 2.04. The average Bonchev–Trinajstić information content (AvgIpc) is 2.56. The van der Waals surface area contributed by atoms with Crippen LogP contribution in [-0.2, 0) is 16.0 Å². The molecule has 120 valence electrons. The Morgan fingerprint density at radius 1 is 1.04 bits per heavy atom. The van der Waals surface area contributed by atoms with E-state index in [1.54, 1.807) is 6.07 Å². The standard InChI is InChI=1S/C18H20N2O3/c1-13-8-6-7-11-15(13)19-18(22)20-16(17(21)23-2)12-14-9-4-3-5-10-14/h3-11,16H,12H2,1-2H3,(H2,19,20,22)/t16-/m1/s1. The van der Waals surface area contributed by atoms with Gasteiger partial charge in [0, 0.05) is 12.1 Å². The third-order valence-electron chi connectivity index (χ3n) is 3.47. The van der Waals surface area contributed by atoms with Crippen molar-refractivity contribution in [2.24, 2.45) is 0 Å². The lowest BCUT2D eigenvalue weighted by molar-refractivity contribution is -0.142. The quantitative estimate of drug-likeness (QED) is 0.834. The number of carbonyl (C=O) groups excluding carboxylic acids is 2. The number of urea groups is 1. The maximum Gasteiger partial charge on any atom is 0.328 e. The van der Waals surface area contributed by atoms with Gasteiger partial charge in [-0.2, -0.15) is 0 Å². The molecular formula is C18H20N2O3. The van der Waals surface area contributed by atoms with Crippen molar-refractivity contribution < 1.29 is 14.3 Å². The van der Waals surface area contributed by atoms with Gasteiger partial charge in [-0.15, -0.1) is 0 Å². The zero-order valence-corrected chi connectivity index (χ0v) is 13.2. The van der Waals surface area contributed by atoms with Gasteiger partial charge in [-0.25, -0.2) is 9.59 Å². The van der Waals surface area contributed by atoms with Crippen LogP contribution in [0.1, 0.15) is 11.1 Å². The summed E-state index contributed by atoms with van der Waals surface area (Å²) in [4.78, 5) is 24.1. The Hall–Kier alpha value is -2.82. The summed E-state index contributed by atoms with van der Waals surface area (Å²) < 4.78 is 4.78. The van der Waals surface area contributed by atoms with E-state index in [4.69, 9.17) is 4.74 Å². The van der Waals surface area contributed by atoms with Gasteiger partial charge in [-0.1, -0.05) is 48.5 Å². The second-order valence-electron chi connectivity index (χ2n) is 5.18. The maximum absolute atomic E-state index is 12.2. The molecule has 0 heterocycles. The Bertz CT molecular complexity index is 671. The summed E-state index contributed by atoms with van der Waals surface area (Å²) in [6.45, 7) is 1.90. The van der Waals surface area contributed by atoms with E-state index in [1.165, 1.54) is 7.11 Å². The molecule has 2 aromatic rings. The van der Waals surface area contributed by atoms with Gasteiger partial charge >= 0.3 is 12.0 Å². The smallest absolute Gasteiger partial charge is 0.328 e. The first kappa shape index (κ1) is 16.5. The van der Waals surface area contributed by atoms with E-state index in [-0.39, 0.29) is 0 Å². The van der Waals surface area contributed by atoms with Crippen LogP contribution in [0.5, 0.6) is 0 Å². The minimum Gasteiger partial charge on any atom is -0.467 e. The molecule has 0 aliphatic carbocycles. The Morgan fingerprint density at radius 3 is 2.35 bits per heavy atom. The molecule has 0 aliphatic heterocycles. The number of hydrogen-bond donors (Lipinski definition) is 2. The minimum absolute atomic E-state index is 0.370. The predicted octanol–water partition coefficient (Wildman–Crippen LogP) is 2.90. The third-order valence-corrected chi connectivity index (χ3v) is 3.47. The molecule has 0 radical (unpaired) electrons. The SMILES string of the molecule is COC(=O)[C@@H](Cc1ccccc1)NC(=O)Nc1ccccc1C. The van der Waals surface area contributed by atoms with E-state index in [9.17, 15) is 9.59 Å². The number of hydrogen-bond acceptors (Lipinski definition) is 3. The molecule has 5 nitrogen and oxygen atoms in total. The van der Waals surface area contributed by atoms with Crippen molar-refractivity contribution >= 4 is 17.7 Å². The van der Waals surface area contributed by atoms with Crippen molar-refractivity contribution in [3.05, 3.63) is 65.7 Å². The van der Waals surface area contributed by atoms with Crippen molar-refractivity contribution in [3.8, 4) is 0 Å². The molecule has 0 aromatic heterocycles. The first-order chi connectivity index (χ1) is 11.1. The molecule has 0 saturated heterocycles. The molecule has 0 fully saturated rings. The van der Waals surface area contributed by atoms with Gasteiger partial charge in [0.05, 0.1) is 7.11 Å². The molecule has 1 atom stereocenters. The summed E-state index contributed by atoms with van der Waals surface area (Å²) in [6, 6.07) is 15.7. The number of esters is 1. The summed E-state index contributed by atoms with van der Waals surface area (Å²) in [5.74, 6) is -0.478. The van der Waals surface area contributed by atoms with Gasteiger partial charge in [-0.3, -0.25) is 0 Å². The molecule has 0 spiro atoms. The van der Waals surface area contributed by atoms with Crippen LogP contribution < -0.4 is 10.6 Å². The van der Waals surface area contributed by atoms with E-state index in [0.717, 1.165) is 11.1 Å². The lowest BCUT2D eigenvalue weighted by Crippen LogP contribution is -2.45. The van der Waals surface area contributed by atoms with Crippen LogP contribution in [-0.4, -0.2) is 25.2 Å². The number of methoxy groups -OCH3 is 1. The molecule has 2 aromatic carbocycles. The summed E-state index contributed by atoms with van der Waals surface area (Å²) in [6.07, 6.45) is 0.370. The van der Waals surface area contributed by atoms with E-state index in [2.05, 4.69) is 10.6 Å². The molecule has 2 rings (SSSR count). The van der Waals surface area contributed by atoms with Gasteiger partial charge in [0.25, 0.3) is 0 Å². The lowest BCUT2D eigenvalue weighted by Gasteiger charge is -2.17. The van der Waals surface area contributed by atoms with Gasteiger partial charge in [0.15, 0.2) is 0 Å². The number of para-hydroxylation sites is 1. The minimum atomic E-state index is -0.744. The van der Waals surface area contributed by atoms with Crippen LogP contribution in [0.25, 0.3) is 0 Å². The number of carbonyl (C=O) groups is 2. The highest BCUT2D eigenvalue weighted by atomic mass is 16.5. The van der Waals surface area contributed by atoms with Crippen LogP contribution >= 0.6 is 0 Å².